The topological polar surface area (TPSA) is 64.0 Å². The van der Waals surface area contributed by atoms with Gasteiger partial charge in [-0.2, -0.15) is 5.10 Å². The maximum atomic E-state index is 12.6. The highest BCUT2D eigenvalue weighted by atomic mass is 79.9. The molecular formula is C18H18BrN3O2S. The molecule has 0 aliphatic rings. The van der Waals surface area contributed by atoms with Crippen molar-refractivity contribution in [1.29, 1.82) is 0 Å². The number of hydrogen-bond acceptors (Lipinski definition) is 3. The molecule has 0 spiro atoms. The maximum absolute atomic E-state index is 12.6. The molecule has 130 valence electrons. The Morgan fingerprint density at radius 3 is 2.52 bits per heavy atom. The van der Waals surface area contributed by atoms with Crippen molar-refractivity contribution in [1.82, 2.24) is 9.78 Å². The molecule has 3 rings (SSSR count). The van der Waals surface area contributed by atoms with Gasteiger partial charge in [-0.25, -0.2) is 8.42 Å². The molecule has 0 bridgehead atoms. The molecule has 0 atom stereocenters. The third-order valence-electron chi connectivity index (χ3n) is 3.76. The van der Waals surface area contributed by atoms with E-state index < -0.39 is 10.0 Å². The summed E-state index contributed by atoms with van der Waals surface area (Å²) in [6.45, 7) is 4.29. The van der Waals surface area contributed by atoms with Crippen LogP contribution in [-0.2, 0) is 16.6 Å². The summed E-state index contributed by atoms with van der Waals surface area (Å²) in [5.74, 6) is 0. The Kier molecular flexibility index (Phi) is 4.96. The van der Waals surface area contributed by atoms with E-state index in [1.54, 1.807) is 29.9 Å². The van der Waals surface area contributed by atoms with Gasteiger partial charge < -0.3 is 0 Å². The molecule has 0 aliphatic heterocycles. The molecule has 1 N–H and O–H groups in total. The van der Waals surface area contributed by atoms with E-state index in [4.69, 9.17) is 0 Å². The van der Waals surface area contributed by atoms with Crippen LogP contribution in [0.3, 0.4) is 0 Å². The SMILES string of the molecule is Cc1ccc(S(=O)(=O)Nc2cnn(Cc3ccc(Br)cc3)c2)c(C)c1. The van der Waals surface area contributed by atoms with Gasteiger partial charge in [-0.1, -0.05) is 45.8 Å². The van der Waals surface area contributed by atoms with Gasteiger partial charge in [0.05, 0.1) is 23.3 Å². The first-order valence-electron chi connectivity index (χ1n) is 7.70. The molecule has 25 heavy (non-hydrogen) atoms. The monoisotopic (exact) mass is 419 g/mol. The van der Waals surface area contributed by atoms with Gasteiger partial charge in [0.1, 0.15) is 0 Å². The number of aromatic nitrogens is 2. The fraction of sp³-hybridized carbons (Fsp3) is 0.167. The van der Waals surface area contributed by atoms with Crippen LogP contribution in [0.1, 0.15) is 16.7 Å². The van der Waals surface area contributed by atoms with Crippen LogP contribution in [0.15, 0.2) is 64.2 Å². The van der Waals surface area contributed by atoms with Gasteiger partial charge >= 0.3 is 0 Å². The van der Waals surface area contributed by atoms with Crippen molar-refractivity contribution < 1.29 is 8.42 Å². The highest BCUT2D eigenvalue weighted by Crippen LogP contribution is 2.20. The highest BCUT2D eigenvalue weighted by Gasteiger charge is 2.17. The first-order valence-corrected chi connectivity index (χ1v) is 9.98. The minimum absolute atomic E-state index is 0.277. The second-order valence-electron chi connectivity index (χ2n) is 5.93. The molecule has 0 fully saturated rings. The molecule has 1 heterocycles. The Morgan fingerprint density at radius 2 is 1.84 bits per heavy atom. The number of rotatable bonds is 5. The lowest BCUT2D eigenvalue weighted by molar-refractivity contribution is 0.600. The van der Waals surface area contributed by atoms with Crippen molar-refractivity contribution in [3.8, 4) is 0 Å². The van der Waals surface area contributed by atoms with Crippen LogP contribution < -0.4 is 4.72 Å². The number of aryl methyl sites for hydroxylation is 2. The van der Waals surface area contributed by atoms with E-state index in [-0.39, 0.29) is 4.90 Å². The summed E-state index contributed by atoms with van der Waals surface area (Å²) >= 11 is 3.40. The average molecular weight is 420 g/mol. The number of anilines is 1. The number of nitrogens with one attached hydrogen (secondary N) is 1. The Hall–Kier alpha value is -2.12. The van der Waals surface area contributed by atoms with Gasteiger partial charge in [0.25, 0.3) is 10.0 Å². The molecule has 2 aromatic carbocycles. The zero-order valence-corrected chi connectivity index (χ0v) is 16.3. The molecule has 7 heteroatoms. The summed E-state index contributed by atoms with van der Waals surface area (Å²) in [6.07, 6.45) is 3.20. The van der Waals surface area contributed by atoms with Gasteiger partial charge in [0.15, 0.2) is 0 Å². The number of hydrogen-bond donors (Lipinski definition) is 1. The zero-order valence-electron chi connectivity index (χ0n) is 13.9. The lowest BCUT2D eigenvalue weighted by Gasteiger charge is -2.09. The summed E-state index contributed by atoms with van der Waals surface area (Å²) in [4.78, 5) is 0.277. The second kappa shape index (κ2) is 7.01. The molecular weight excluding hydrogens is 402 g/mol. The molecule has 0 radical (unpaired) electrons. The van der Waals surface area contributed by atoms with Crippen LogP contribution in [0, 0.1) is 13.8 Å². The normalized spacial score (nSPS) is 11.5. The van der Waals surface area contributed by atoms with Gasteiger partial charge in [-0.3, -0.25) is 9.40 Å². The van der Waals surface area contributed by atoms with E-state index in [0.717, 1.165) is 21.2 Å². The van der Waals surface area contributed by atoms with Crippen LogP contribution in [0.25, 0.3) is 0 Å². The van der Waals surface area contributed by atoms with Crippen LogP contribution in [0.4, 0.5) is 5.69 Å². The van der Waals surface area contributed by atoms with Gasteiger partial charge in [-0.05, 0) is 43.2 Å². The van der Waals surface area contributed by atoms with Crippen LogP contribution in [0.2, 0.25) is 0 Å². The largest absolute Gasteiger partial charge is 0.276 e. The third-order valence-corrected chi connectivity index (χ3v) is 5.83. The fourth-order valence-corrected chi connectivity index (χ4v) is 4.11. The number of halogens is 1. The van der Waals surface area contributed by atoms with Crippen molar-refractivity contribution in [2.45, 2.75) is 25.3 Å². The summed E-state index contributed by atoms with van der Waals surface area (Å²) in [6, 6.07) is 13.2. The Balaban J connectivity index is 1.77. The van der Waals surface area contributed by atoms with E-state index in [9.17, 15) is 8.42 Å². The average Bonchev–Trinajstić information content (AvgIpc) is 2.95. The second-order valence-corrected chi connectivity index (χ2v) is 8.49. The summed E-state index contributed by atoms with van der Waals surface area (Å²) in [5.41, 5.74) is 3.26. The van der Waals surface area contributed by atoms with Crippen molar-refractivity contribution >= 4 is 31.6 Å². The first-order chi connectivity index (χ1) is 11.8. The fourth-order valence-electron chi connectivity index (χ4n) is 2.59. The summed E-state index contributed by atoms with van der Waals surface area (Å²) in [5, 5.41) is 4.23. The molecule has 0 amide bonds. The van der Waals surface area contributed by atoms with E-state index in [2.05, 4.69) is 25.8 Å². The van der Waals surface area contributed by atoms with Crippen molar-refractivity contribution in [2.75, 3.05) is 4.72 Å². The Labute approximate surface area is 155 Å². The zero-order chi connectivity index (χ0) is 18.0. The van der Waals surface area contributed by atoms with Gasteiger partial charge in [-0.15, -0.1) is 0 Å². The number of sulfonamides is 1. The lowest BCUT2D eigenvalue weighted by atomic mass is 10.2. The van der Waals surface area contributed by atoms with E-state index in [1.165, 1.54) is 6.20 Å². The number of nitrogens with zero attached hydrogens (tertiary/aromatic N) is 2. The first kappa shape index (κ1) is 17.7. The standard InChI is InChI=1S/C18H18BrN3O2S/c1-13-3-8-18(14(2)9-13)25(23,24)21-17-10-20-22(12-17)11-15-4-6-16(19)7-5-15/h3-10,12,21H,11H2,1-2H3. The minimum Gasteiger partial charge on any atom is -0.276 e. The lowest BCUT2D eigenvalue weighted by Crippen LogP contribution is -2.14. The summed E-state index contributed by atoms with van der Waals surface area (Å²) < 4.78 is 30.5. The highest BCUT2D eigenvalue weighted by molar-refractivity contribution is 9.10. The quantitative estimate of drug-likeness (QED) is 0.676. The van der Waals surface area contributed by atoms with Crippen molar-refractivity contribution in [3.63, 3.8) is 0 Å². The predicted octanol–water partition coefficient (Wildman–Crippen LogP) is 4.11. The molecule has 3 aromatic rings. The molecule has 0 saturated heterocycles. The molecule has 0 saturated carbocycles. The van der Waals surface area contributed by atoms with Crippen molar-refractivity contribution in [2.24, 2.45) is 0 Å². The number of benzene rings is 2. The predicted molar refractivity (Wildman–Crippen MR) is 102 cm³/mol. The molecule has 5 nitrogen and oxygen atoms in total. The third kappa shape index (κ3) is 4.29. The Morgan fingerprint density at radius 1 is 1.12 bits per heavy atom. The van der Waals surface area contributed by atoms with Crippen LogP contribution in [-0.4, -0.2) is 18.2 Å². The van der Waals surface area contributed by atoms with E-state index in [1.807, 2.05) is 37.3 Å². The van der Waals surface area contributed by atoms with E-state index >= 15 is 0 Å². The maximum Gasteiger partial charge on any atom is 0.262 e. The Bertz CT molecular complexity index is 995. The van der Waals surface area contributed by atoms with Gasteiger partial charge in [0, 0.05) is 10.7 Å². The smallest absolute Gasteiger partial charge is 0.262 e. The van der Waals surface area contributed by atoms with Crippen LogP contribution >= 0.6 is 15.9 Å². The van der Waals surface area contributed by atoms with Gasteiger partial charge in [0.2, 0.25) is 0 Å². The molecule has 0 unspecified atom stereocenters. The van der Waals surface area contributed by atoms with Crippen molar-refractivity contribution in [3.05, 3.63) is 76.0 Å². The summed E-state index contributed by atoms with van der Waals surface area (Å²) in [7, 11) is -3.64. The molecule has 1 aromatic heterocycles. The minimum atomic E-state index is -3.64. The van der Waals surface area contributed by atoms with Crippen LogP contribution in [0.5, 0.6) is 0 Å². The molecule has 0 aliphatic carbocycles. The van der Waals surface area contributed by atoms with E-state index in [0.29, 0.717) is 12.2 Å².